The second-order valence-corrected chi connectivity index (χ2v) is 5.88. The molecule has 0 spiro atoms. The van der Waals surface area contributed by atoms with Gasteiger partial charge in [0.25, 0.3) is 5.91 Å². The van der Waals surface area contributed by atoms with Crippen molar-refractivity contribution in [3.05, 3.63) is 59.5 Å². The molecular weight excluding hydrogens is 322 g/mol. The molecule has 3 rings (SSSR count). The van der Waals surface area contributed by atoms with Gasteiger partial charge >= 0.3 is 0 Å². The van der Waals surface area contributed by atoms with Gasteiger partial charge in [-0.2, -0.15) is 0 Å². The third-order valence-electron chi connectivity index (χ3n) is 3.51. The van der Waals surface area contributed by atoms with Gasteiger partial charge in [0, 0.05) is 23.7 Å². The Labute approximate surface area is 144 Å². The van der Waals surface area contributed by atoms with E-state index in [1.54, 1.807) is 30.6 Å². The standard InChI is InChI=1S/C18H17N3O2S/c1-19-18-21-15(11-24-18)12-7-9-13(10-8-12)20-17(22)14-5-3-4-6-16(14)23-2/h3-11H,1-2H3,(H,19,21)(H,20,22). The summed E-state index contributed by atoms with van der Waals surface area (Å²) >= 11 is 1.55. The van der Waals surface area contributed by atoms with E-state index in [2.05, 4.69) is 15.6 Å². The maximum atomic E-state index is 12.4. The Bertz CT molecular complexity index is 843. The van der Waals surface area contributed by atoms with Gasteiger partial charge in [-0.05, 0) is 24.3 Å². The molecule has 1 amide bonds. The average molecular weight is 339 g/mol. The van der Waals surface area contributed by atoms with Crippen LogP contribution in [-0.4, -0.2) is 25.0 Å². The van der Waals surface area contributed by atoms with Crippen molar-refractivity contribution < 1.29 is 9.53 Å². The average Bonchev–Trinajstić information content (AvgIpc) is 3.11. The van der Waals surface area contributed by atoms with E-state index in [0.29, 0.717) is 11.3 Å². The Balaban J connectivity index is 1.75. The first-order valence-corrected chi connectivity index (χ1v) is 8.27. The Morgan fingerprint density at radius 2 is 1.88 bits per heavy atom. The maximum absolute atomic E-state index is 12.4. The Kier molecular flexibility index (Phi) is 4.77. The van der Waals surface area contributed by atoms with E-state index in [1.165, 1.54) is 0 Å². The second kappa shape index (κ2) is 7.14. The number of rotatable bonds is 5. The SMILES string of the molecule is CNc1nc(-c2ccc(NC(=O)c3ccccc3OC)cc2)cs1. The van der Waals surface area contributed by atoms with Crippen LogP contribution in [0, 0.1) is 0 Å². The number of thiazole rings is 1. The number of methoxy groups -OCH3 is 1. The van der Waals surface area contributed by atoms with Gasteiger partial charge in [0.15, 0.2) is 5.13 Å². The number of amides is 1. The van der Waals surface area contributed by atoms with E-state index in [-0.39, 0.29) is 5.91 Å². The van der Waals surface area contributed by atoms with E-state index in [0.717, 1.165) is 22.1 Å². The molecule has 6 heteroatoms. The maximum Gasteiger partial charge on any atom is 0.259 e. The summed E-state index contributed by atoms with van der Waals surface area (Å²) in [5.41, 5.74) is 3.14. The van der Waals surface area contributed by atoms with E-state index in [1.807, 2.05) is 48.8 Å². The van der Waals surface area contributed by atoms with Crippen LogP contribution in [0.2, 0.25) is 0 Å². The first-order chi connectivity index (χ1) is 11.7. The van der Waals surface area contributed by atoms with Gasteiger partial charge in [-0.1, -0.05) is 24.3 Å². The van der Waals surface area contributed by atoms with Crippen molar-refractivity contribution in [1.29, 1.82) is 0 Å². The molecule has 1 aromatic heterocycles. The first-order valence-electron chi connectivity index (χ1n) is 7.39. The number of carbonyl (C=O) groups is 1. The summed E-state index contributed by atoms with van der Waals surface area (Å²) in [5, 5.41) is 8.77. The van der Waals surface area contributed by atoms with Crippen LogP contribution < -0.4 is 15.4 Å². The fourth-order valence-electron chi connectivity index (χ4n) is 2.28. The van der Waals surface area contributed by atoms with Crippen molar-refractivity contribution in [2.75, 3.05) is 24.8 Å². The normalized spacial score (nSPS) is 10.2. The predicted octanol–water partition coefficient (Wildman–Crippen LogP) is 4.11. The predicted molar refractivity (Wildman–Crippen MR) is 98.0 cm³/mol. The number of ether oxygens (including phenoxy) is 1. The summed E-state index contributed by atoms with van der Waals surface area (Å²) in [6.45, 7) is 0. The number of anilines is 2. The molecule has 2 N–H and O–H groups in total. The zero-order valence-corrected chi connectivity index (χ0v) is 14.2. The van der Waals surface area contributed by atoms with Crippen LogP contribution in [0.5, 0.6) is 5.75 Å². The lowest BCUT2D eigenvalue weighted by Gasteiger charge is -2.09. The number of hydrogen-bond acceptors (Lipinski definition) is 5. The monoisotopic (exact) mass is 339 g/mol. The highest BCUT2D eigenvalue weighted by Crippen LogP contribution is 2.26. The van der Waals surface area contributed by atoms with Crippen LogP contribution in [0.25, 0.3) is 11.3 Å². The number of para-hydroxylation sites is 1. The number of aromatic nitrogens is 1. The van der Waals surface area contributed by atoms with Crippen molar-refractivity contribution >= 4 is 28.1 Å². The summed E-state index contributed by atoms with van der Waals surface area (Å²) in [6, 6.07) is 14.7. The highest BCUT2D eigenvalue weighted by Gasteiger charge is 2.11. The molecule has 0 saturated heterocycles. The van der Waals surface area contributed by atoms with Gasteiger partial charge < -0.3 is 15.4 Å². The number of nitrogens with one attached hydrogen (secondary N) is 2. The van der Waals surface area contributed by atoms with E-state index < -0.39 is 0 Å². The minimum absolute atomic E-state index is 0.202. The van der Waals surface area contributed by atoms with Crippen LogP contribution >= 0.6 is 11.3 Å². The molecule has 3 aromatic rings. The Hall–Kier alpha value is -2.86. The molecule has 0 aliphatic heterocycles. The molecule has 0 unspecified atom stereocenters. The van der Waals surface area contributed by atoms with Crippen molar-refractivity contribution in [1.82, 2.24) is 4.98 Å². The summed E-state index contributed by atoms with van der Waals surface area (Å²) in [6.07, 6.45) is 0. The van der Waals surface area contributed by atoms with Crippen LogP contribution in [0.4, 0.5) is 10.8 Å². The van der Waals surface area contributed by atoms with Crippen molar-refractivity contribution in [3.63, 3.8) is 0 Å². The third kappa shape index (κ3) is 3.38. The molecule has 122 valence electrons. The van der Waals surface area contributed by atoms with Crippen molar-refractivity contribution in [3.8, 4) is 17.0 Å². The molecule has 0 saturated carbocycles. The molecule has 2 aromatic carbocycles. The highest BCUT2D eigenvalue weighted by atomic mass is 32.1. The van der Waals surface area contributed by atoms with Gasteiger partial charge in [-0.25, -0.2) is 4.98 Å². The fraction of sp³-hybridized carbons (Fsp3) is 0.111. The molecule has 5 nitrogen and oxygen atoms in total. The Morgan fingerprint density at radius 3 is 2.54 bits per heavy atom. The zero-order valence-electron chi connectivity index (χ0n) is 13.4. The molecule has 0 aliphatic carbocycles. The molecule has 0 bridgehead atoms. The minimum Gasteiger partial charge on any atom is -0.496 e. The van der Waals surface area contributed by atoms with Crippen molar-refractivity contribution in [2.24, 2.45) is 0 Å². The first kappa shape index (κ1) is 16.0. The summed E-state index contributed by atoms with van der Waals surface area (Å²) in [4.78, 5) is 16.8. The number of hydrogen-bond donors (Lipinski definition) is 2. The smallest absolute Gasteiger partial charge is 0.259 e. The van der Waals surface area contributed by atoms with Crippen LogP contribution in [0.1, 0.15) is 10.4 Å². The fourth-order valence-corrected chi connectivity index (χ4v) is 2.96. The second-order valence-electron chi connectivity index (χ2n) is 5.02. The quantitative estimate of drug-likeness (QED) is 0.734. The number of benzene rings is 2. The zero-order chi connectivity index (χ0) is 16.9. The molecule has 0 fully saturated rings. The minimum atomic E-state index is -0.202. The summed E-state index contributed by atoms with van der Waals surface area (Å²) in [5.74, 6) is 0.347. The largest absolute Gasteiger partial charge is 0.496 e. The summed E-state index contributed by atoms with van der Waals surface area (Å²) < 4.78 is 5.22. The highest BCUT2D eigenvalue weighted by molar-refractivity contribution is 7.14. The lowest BCUT2D eigenvalue weighted by molar-refractivity contribution is 0.102. The van der Waals surface area contributed by atoms with Crippen LogP contribution in [0.3, 0.4) is 0 Å². The molecule has 0 radical (unpaired) electrons. The van der Waals surface area contributed by atoms with E-state index in [4.69, 9.17) is 4.74 Å². The Morgan fingerprint density at radius 1 is 1.12 bits per heavy atom. The van der Waals surface area contributed by atoms with Gasteiger partial charge in [0.1, 0.15) is 5.75 Å². The van der Waals surface area contributed by atoms with Crippen LogP contribution in [-0.2, 0) is 0 Å². The number of nitrogens with zero attached hydrogens (tertiary/aromatic N) is 1. The lowest BCUT2D eigenvalue weighted by atomic mass is 10.1. The lowest BCUT2D eigenvalue weighted by Crippen LogP contribution is -2.12. The van der Waals surface area contributed by atoms with E-state index in [9.17, 15) is 4.79 Å². The topological polar surface area (TPSA) is 63.2 Å². The van der Waals surface area contributed by atoms with Crippen molar-refractivity contribution in [2.45, 2.75) is 0 Å². The molecule has 0 atom stereocenters. The van der Waals surface area contributed by atoms with E-state index >= 15 is 0 Å². The van der Waals surface area contributed by atoms with Gasteiger partial charge in [-0.15, -0.1) is 11.3 Å². The van der Waals surface area contributed by atoms with Gasteiger partial charge in [-0.3, -0.25) is 4.79 Å². The van der Waals surface area contributed by atoms with Gasteiger partial charge in [0.2, 0.25) is 0 Å². The third-order valence-corrected chi connectivity index (χ3v) is 4.37. The summed E-state index contributed by atoms with van der Waals surface area (Å²) in [7, 11) is 3.40. The van der Waals surface area contributed by atoms with Gasteiger partial charge in [0.05, 0.1) is 18.4 Å². The molecule has 24 heavy (non-hydrogen) atoms. The molecule has 0 aliphatic rings. The molecular formula is C18H17N3O2S. The molecule has 1 heterocycles. The number of carbonyl (C=O) groups excluding carboxylic acids is 1. The van der Waals surface area contributed by atoms with Crippen LogP contribution in [0.15, 0.2) is 53.9 Å².